The fourth-order valence-corrected chi connectivity index (χ4v) is 4.85. The molecule has 3 aromatic rings. The van der Waals surface area contributed by atoms with Gasteiger partial charge in [-0.15, -0.1) is 0 Å². The van der Waals surface area contributed by atoms with Crippen LogP contribution in [-0.2, 0) is 14.4 Å². The van der Waals surface area contributed by atoms with Crippen LogP contribution in [0.4, 0.5) is 0 Å². The molecule has 0 heterocycles. The minimum absolute atomic E-state index is 0.689. The molecule has 47 heavy (non-hydrogen) atoms. The summed E-state index contributed by atoms with van der Waals surface area (Å²) < 4.78 is 16.8. The maximum Gasteiger partial charge on any atom is 0.336 e. The SMILES string of the molecule is CCC(=C(c1ccc(OC)cc1)c1ccc(OCCN(CC)CC)cc1)c1ccc(OC)cc1.O=C(O)CC(O)(CC(=O)O)C(=O)O. The molecular formula is C36H45NO10. The minimum Gasteiger partial charge on any atom is -0.497 e. The maximum absolute atomic E-state index is 10.3. The van der Waals surface area contributed by atoms with E-state index in [1.54, 1.807) is 14.2 Å². The molecule has 0 atom stereocenters. The average Bonchev–Trinajstić information content (AvgIpc) is 3.05. The third-order valence-electron chi connectivity index (χ3n) is 7.47. The summed E-state index contributed by atoms with van der Waals surface area (Å²) in [6, 6.07) is 25.0. The summed E-state index contributed by atoms with van der Waals surface area (Å²) >= 11 is 0. The largest absolute Gasteiger partial charge is 0.497 e. The molecule has 0 radical (unpaired) electrons. The molecule has 3 rings (SSSR count). The second kappa shape index (κ2) is 18.9. The van der Waals surface area contributed by atoms with Crippen LogP contribution in [0.2, 0.25) is 0 Å². The monoisotopic (exact) mass is 651 g/mol. The average molecular weight is 652 g/mol. The lowest BCUT2D eigenvalue weighted by molar-refractivity contribution is -0.170. The number of methoxy groups -OCH3 is 2. The number of aliphatic hydroxyl groups is 1. The summed E-state index contributed by atoms with van der Waals surface area (Å²) in [4.78, 5) is 32.8. The van der Waals surface area contributed by atoms with Gasteiger partial charge < -0.3 is 39.5 Å². The van der Waals surface area contributed by atoms with E-state index >= 15 is 0 Å². The van der Waals surface area contributed by atoms with Gasteiger partial charge in [0.1, 0.15) is 23.9 Å². The zero-order valence-corrected chi connectivity index (χ0v) is 27.6. The number of hydrogen-bond donors (Lipinski definition) is 4. The summed E-state index contributed by atoms with van der Waals surface area (Å²) in [6.07, 6.45) is -1.39. The Kier molecular flexibility index (Phi) is 15.4. The van der Waals surface area contributed by atoms with Gasteiger partial charge in [0.15, 0.2) is 5.60 Å². The van der Waals surface area contributed by atoms with Crippen LogP contribution < -0.4 is 14.2 Å². The van der Waals surface area contributed by atoms with Gasteiger partial charge in [-0.25, -0.2) is 4.79 Å². The van der Waals surface area contributed by atoms with Crippen molar-refractivity contribution in [3.05, 3.63) is 89.5 Å². The molecule has 0 bridgehead atoms. The van der Waals surface area contributed by atoms with Gasteiger partial charge in [-0.05, 0) is 83.7 Å². The van der Waals surface area contributed by atoms with E-state index in [1.807, 2.05) is 24.3 Å². The lowest BCUT2D eigenvalue weighted by Crippen LogP contribution is -2.42. The van der Waals surface area contributed by atoms with Gasteiger partial charge in [-0.1, -0.05) is 57.2 Å². The number of carboxylic acids is 3. The highest BCUT2D eigenvalue weighted by Gasteiger charge is 2.40. The van der Waals surface area contributed by atoms with Crippen LogP contribution in [0, 0.1) is 0 Å². The first-order valence-corrected chi connectivity index (χ1v) is 15.3. The molecule has 0 aliphatic rings. The number of carbonyl (C=O) groups is 3. The van der Waals surface area contributed by atoms with Crippen molar-refractivity contribution < 1.29 is 49.0 Å². The van der Waals surface area contributed by atoms with E-state index in [2.05, 4.69) is 74.2 Å². The minimum atomic E-state index is -2.74. The summed E-state index contributed by atoms with van der Waals surface area (Å²) in [5.41, 5.74) is 3.26. The fraction of sp³-hybridized carbons (Fsp3) is 0.361. The molecule has 3 aromatic carbocycles. The van der Waals surface area contributed by atoms with Crippen molar-refractivity contribution in [2.75, 3.05) is 40.5 Å². The summed E-state index contributed by atoms with van der Waals surface area (Å²) in [5, 5.41) is 33.8. The van der Waals surface area contributed by atoms with Gasteiger partial charge in [0, 0.05) is 6.54 Å². The lowest BCUT2D eigenvalue weighted by atomic mass is 9.88. The highest BCUT2D eigenvalue weighted by atomic mass is 16.5. The molecule has 0 fully saturated rings. The van der Waals surface area contributed by atoms with E-state index in [1.165, 1.54) is 16.7 Å². The van der Waals surface area contributed by atoms with E-state index in [9.17, 15) is 14.4 Å². The van der Waals surface area contributed by atoms with E-state index in [0.29, 0.717) is 6.61 Å². The van der Waals surface area contributed by atoms with Gasteiger partial charge in [0.25, 0.3) is 0 Å². The quantitative estimate of drug-likeness (QED) is 0.135. The Morgan fingerprint density at radius 2 is 1.06 bits per heavy atom. The van der Waals surface area contributed by atoms with E-state index in [4.69, 9.17) is 34.6 Å². The number of nitrogens with zero attached hydrogens (tertiary/aromatic N) is 1. The zero-order chi connectivity index (χ0) is 35.0. The number of carboxylic acid groups (broad SMARTS) is 3. The summed E-state index contributed by atoms with van der Waals surface area (Å²) in [5.74, 6) is -2.42. The van der Waals surface area contributed by atoms with Crippen LogP contribution >= 0.6 is 0 Å². The lowest BCUT2D eigenvalue weighted by Gasteiger charge is -2.19. The molecule has 11 nitrogen and oxygen atoms in total. The molecule has 0 spiro atoms. The number of likely N-dealkylation sites (N-methyl/N-ethyl adjacent to an activating group) is 1. The number of allylic oxidation sites excluding steroid dienone is 1. The number of hydrogen-bond acceptors (Lipinski definition) is 8. The van der Waals surface area contributed by atoms with Gasteiger partial charge in [0.05, 0.1) is 27.1 Å². The molecule has 11 heteroatoms. The Balaban J connectivity index is 0.000000500. The van der Waals surface area contributed by atoms with Crippen molar-refractivity contribution >= 4 is 29.1 Å². The predicted molar refractivity (Wildman–Crippen MR) is 179 cm³/mol. The normalized spacial score (nSPS) is 11.6. The molecule has 0 aliphatic carbocycles. The molecule has 0 aliphatic heterocycles. The first-order valence-electron chi connectivity index (χ1n) is 15.3. The maximum atomic E-state index is 10.3. The Morgan fingerprint density at radius 3 is 1.40 bits per heavy atom. The van der Waals surface area contributed by atoms with E-state index in [-0.39, 0.29) is 0 Å². The van der Waals surface area contributed by atoms with Crippen molar-refractivity contribution in [1.29, 1.82) is 0 Å². The standard InChI is InChI=1S/C30H37NO3.C6H8O7/c1-6-29(23-9-15-26(32-4)16-10-23)30(24-11-17-27(33-5)18-12-24)25-13-19-28(20-14-25)34-22-21-31(7-2)8-3;7-3(8)1-6(13,5(11)12)2-4(9)10/h9-20H,6-8,21-22H2,1-5H3;13H,1-2H2,(H,7,8)(H,9,10)(H,11,12). The highest BCUT2D eigenvalue weighted by Crippen LogP contribution is 2.36. The van der Waals surface area contributed by atoms with Crippen LogP contribution in [0.25, 0.3) is 11.1 Å². The second-order valence-electron chi connectivity index (χ2n) is 10.5. The smallest absolute Gasteiger partial charge is 0.336 e. The van der Waals surface area contributed by atoms with Crippen molar-refractivity contribution in [2.24, 2.45) is 0 Å². The Labute approximate surface area is 275 Å². The van der Waals surface area contributed by atoms with Crippen LogP contribution in [0.1, 0.15) is 56.7 Å². The third kappa shape index (κ3) is 11.8. The number of rotatable bonds is 17. The van der Waals surface area contributed by atoms with Crippen molar-refractivity contribution in [3.63, 3.8) is 0 Å². The number of ether oxygens (including phenoxy) is 3. The summed E-state index contributed by atoms with van der Waals surface area (Å²) in [7, 11) is 3.39. The van der Waals surface area contributed by atoms with Gasteiger partial charge in [-0.3, -0.25) is 9.59 Å². The molecule has 0 amide bonds. The number of aliphatic carboxylic acids is 3. The first-order chi connectivity index (χ1) is 22.4. The predicted octanol–water partition coefficient (Wildman–Crippen LogP) is 5.55. The molecular weight excluding hydrogens is 606 g/mol. The van der Waals surface area contributed by atoms with Gasteiger partial charge in [-0.2, -0.15) is 0 Å². The van der Waals surface area contributed by atoms with Gasteiger partial charge >= 0.3 is 17.9 Å². The van der Waals surface area contributed by atoms with Crippen molar-refractivity contribution in [2.45, 2.75) is 45.6 Å². The molecule has 0 saturated carbocycles. The van der Waals surface area contributed by atoms with Crippen LogP contribution in [0.5, 0.6) is 17.2 Å². The van der Waals surface area contributed by atoms with E-state index < -0.39 is 36.4 Å². The number of benzene rings is 3. The van der Waals surface area contributed by atoms with Crippen molar-refractivity contribution in [1.82, 2.24) is 4.90 Å². The Bertz CT molecular complexity index is 1450. The first kappa shape index (κ1) is 38.3. The fourth-order valence-electron chi connectivity index (χ4n) is 4.85. The molecule has 0 saturated heterocycles. The second-order valence-corrected chi connectivity index (χ2v) is 10.5. The molecule has 254 valence electrons. The van der Waals surface area contributed by atoms with E-state index in [0.717, 1.165) is 54.4 Å². The van der Waals surface area contributed by atoms with Crippen LogP contribution in [0.15, 0.2) is 72.8 Å². The Hall–Kier alpha value is -4.87. The Morgan fingerprint density at radius 1 is 0.660 bits per heavy atom. The van der Waals surface area contributed by atoms with Crippen LogP contribution in [-0.4, -0.2) is 89.3 Å². The van der Waals surface area contributed by atoms with Gasteiger partial charge in [0.2, 0.25) is 0 Å². The highest BCUT2D eigenvalue weighted by molar-refractivity contribution is 5.98. The zero-order valence-electron chi connectivity index (χ0n) is 27.6. The third-order valence-corrected chi connectivity index (χ3v) is 7.47. The molecule has 0 unspecified atom stereocenters. The molecule has 0 aromatic heterocycles. The van der Waals surface area contributed by atoms with Crippen molar-refractivity contribution in [3.8, 4) is 17.2 Å². The van der Waals surface area contributed by atoms with Crippen LogP contribution in [0.3, 0.4) is 0 Å². The molecule has 4 N–H and O–H groups in total. The topological polar surface area (TPSA) is 163 Å². The summed E-state index contributed by atoms with van der Waals surface area (Å²) in [6.45, 7) is 10.3.